The van der Waals surface area contributed by atoms with Crippen molar-refractivity contribution in [2.24, 2.45) is 17.6 Å². The molecule has 1 aromatic carbocycles. The van der Waals surface area contributed by atoms with Crippen LogP contribution in [0.1, 0.15) is 84.6 Å². The maximum atomic E-state index is 11.7. The second-order valence-electron chi connectivity index (χ2n) is 8.71. The maximum Gasteiger partial charge on any atom is 0.331 e. The van der Waals surface area contributed by atoms with Crippen molar-refractivity contribution >= 4 is 17.6 Å². The van der Waals surface area contributed by atoms with Gasteiger partial charge in [0.15, 0.2) is 0 Å². The van der Waals surface area contributed by atoms with Crippen molar-refractivity contribution in [3.63, 3.8) is 0 Å². The zero-order chi connectivity index (χ0) is 25.6. The number of nitrogens with two attached hydrogens (primary N) is 2. The van der Waals surface area contributed by atoms with Gasteiger partial charge in [-0.25, -0.2) is 9.59 Å². The Balaban J connectivity index is 0.000000896. The fourth-order valence-corrected chi connectivity index (χ4v) is 3.28. The standard InChI is InChI=1S/C20H36O4.C8H12N2/c1-5-9-11-17(7-3)15-23-19(21)13-14-20(22)24-16-18(8-4)12-10-6-2;9-6-5-7-1-3-8(10)4-2-7/h13-14,17-18H,5-12,15-16H2,1-4H3;1-4H,5-6,9-10H2/b14-13-;. The summed E-state index contributed by atoms with van der Waals surface area (Å²) >= 11 is 0. The number of esters is 2. The number of carbonyl (C=O) groups is 2. The molecule has 194 valence electrons. The van der Waals surface area contributed by atoms with Gasteiger partial charge in [-0.15, -0.1) is 0 Å². The summed E-state index contributed by atoms with van der Waals surface area (Å²) in [5, 5.41) is 0. The highest BCUT2D eigenvalue weighted by molar-refractivity contribution is 5.91. The summed E-state index contributed by atoms with van der Waals surface area (Å²) in [5.41, 5.74) is 12.9. The number of hydrogen-bond donors (Lipinski definition) is 2. The summed E-state index contributed by atoms with van der Waals surface area (Å²) in [4.78, 5) is 23.3. The molecular weight excluding hydrogens is 428 g/mol. The lowest BCUT2D eigenvalue weighted by Crippen LogP contribution is -2.14. The van der Waals surface area contributed by atoms with Crippen molar-refractivity contribution < 1.29 is 19.1 Å². The number of hydrogen-bond acceptors (Lipinski definition) is 6. The van der Waals surface area contributed by atoms with E-state index in [2.05, 4.69) is 27.7 Å². The van der Waals surface area contributed by atoms with E-state index in [1.807, 2.05) is 24.3 Å². The molecule has 6 heteroatoms. The largest absolute Gasteiger partial charge is 0.462 e. The first-order valence-corrected chi connectivity index (χ1v) is 13.0. The summed E-state index contributed by atoms with van der Waals surface area (Å²) < 4.78 is 10.4. The van der Waals surface area contributed by atoms with Gasteiger partial charge in [0.25, 0.3) is 0 Å². The molecular formula is C28H48N2O4. The minimum absolute atomic E-state index is 0.401. The molecule has 0 aliphatic rings. The molecule has 0 amide bonds. The molecule has 2 unspecified atom stereocenters. The van der Waals surface area contributed by atoms with E-state index in [0.717, 1.165) is 63.5 Å². The van der Waals surface area contributed by atoms with Crippen LogP contribution in [0.5, 0.6) is 0 Å². The van der Waals surface area contributed by atoms with Crippen molar-refractivity contribution in [3.05, 3.63) is 42.0 Å². The SMILES string of the molecule is CCCCC(CC)COC(=O)/C=C\C(=O)OCC(CC)CCCC.NCCc1ccc(N)cc1. The van der Waals surface area contributed by atoms with Crippen LogP contribution in [0, 0.1) is 11.8 Å². The minimum atomic E-state index is -0.472. The average molecular weight is 477 g/mol. The number of anilines is 1. The zero-order valence-electron chi connectivity index (χ0n) is 21.9. The fourth-order valence-electron chi connectivity index (χ4n) is 3.28. The van der Waals surface area contributed by atoms with Gasteiger partial charge in [0.1, 0.15) is 0 Å². The second kappa shape index (κ2) is 21.2. The monoisotopic (exact) mass is 476 g/mol. The highest BCUT2D eigenvalue weighted by Gasteiger charge is 2.10. The van der Waals surface area contributed by atoms with Crippen LogP contribution in [0.4, 0.5) is 5.69 Å². The van der Waals surface area contributed by atoms with E-state index < -0.39 is 11.9 Å². The lowest BCUT2D eigenvalue weighted by Gasteiger charge is -2.14. The normalized spacial score (nSPS) is 12.5. The molecule has 2 atom stereocenters. The topological polar surface area (TPSA) is 105 Å². The Hall–Kier alpha value is -2.34. The van der Waals surface area contributed by atoms with Gasteiger partial charge < -0.3 is 20.9 Å². The quantitative estimate of drug-likeness (QED) is 0.177. The molecule has 1 aromatic rings. The van der Waals surface area contributed by atoms with E-state index in [4.69, 9.17) is 20.9 Å². The average Bonchev–Trinajstić information content (AvgIpc) is 2.85. The third-order valence-corrected chi connectivity index (χ3v) is 5.78. The molecule has 0 fully saturated rings. The van der Waals surface area contributed by atoms with E-state index in [1.165, 1.54) is 17.7 Å². The van der Waals surface area contributed by atoms with E-state index >= 15 is 0 Å². The fraction of sp³-hybridized carbons (Fsp3) is 0.643. The van der Waals surface area contributed by atoms with Gasteiger partial charge in [-0.2, -0.15) is 0 Å². The Morgan fingerprint density at radius 1 is 0.824 bits per heavy atom. The van der Waals surface area contributed by atoms with Crippen molar-refractivity contribution in [1.29, 1.82) is 0 Å². The molecule has 4 N–H and O–H groups in total. The zero-order valence-corrected chi connectivity index (χ0v) is 21.9. The van der Waals surface area contributed by atoms with Crippen molar-refractivity contribution in [3.8, 4) is 0 Å². The first-order valence-electron chi connectivity index (χ1n) is 13.0. The Bertz CT molecular complexity index is 639. The molecule has 0 bridgehead atoms. The first kappa shape index (κ1) is 31.7. The van der Waals surface area contributed by atoms with Crippen LogP contribution < -0.4 is 11.5 Å². The minimum Gasteiger partial charge on any atom is -0.462 e. The van der Waals surface area contributed by atoms with Crippen molar-refractivity contribution in [2.75, 3.05) is 25.5 Å². The Morgan fingerprint density at radius 3 is 1.62 bits per heavy atom. The lowest BCUT2D eigenvalue weighted by atomic mass is 10.0. The number of nitrogen functional groups attached to an aromatic ring is 1. The van der Waals surface area contributed by atoms with E-state index in [0.29, 0.717) is 31.6 Å². The van der Waals surface area contributed by atoms with Crippen LogP contribution >= 0.6 is 0 Å². The van der Waals surface area contributed by atoms with Crippen LogP contribution in [-0.2, 0) is 25.5 Å². The molecule has 6 nitrogen and oxygen atoms in total. The van der Waals surface area contributed by atoms with Crippen LogP contribution in [0.25, 0.3) is 0 Å². The number of rotatable bonds is 16. The van der Waals surface area contributed by atoms with E-state index in [1.54, 1.807) is 0 Å². The van der Waals surface area contributed by atoms with Crippen molar-refractivity contribution in [2.45, 2.75) is 85.5 Å². The first-order chi connectivity index (χ1) is 16.4. The van der Waals surface area contributed by atoms with E-state index in [9.17, 15) is 9.59 Å². The molecule has 0 aliphatic heterocycles. The van der Waals surface area contributed by atoms with Crippen molar-refractivity contribution in [1.82, 2.24) is 0 Å². The van der Waals surface area contributed by atoms with Crippen LogP contribution in [0.3, 0.4) is 0 Å². The lowest BCUT2D eigenvalue weighted by molar-refractivity contribution is -0.142. The van der Waals surface area contributed by atoms with Gasteiger partial charge in [0.05, 0.1) is 13.2 Å². The summed E-state index contributed by atoms with van der Waals surface area (Å²) in [6, 6.07) is 7.79. The van der Waals surface area contributed by atoms with Gasteiger partial charge in [-0.3, -0.25) is 0 Å². The third kappa shape index (κ3) is 17.2. The molecule has 0 aliphatic carbocycles. The third-order valence-electron chi connectivity index (χ3n) is 5.78. The molecule has 34 heavy (non-hydrogen) atoms. The number of unbranched alkanes of at least 4 members (excludes halogenated alkanes) is 2. The summed E-state index contributed by atoms with van der Waals surface area (Å²) in [5.74, 6) is -0.142. The predicted molar refractivity (Wildman–Crippen MR) is 141 cm³/mol. The molecule has 1 rings (SSSR count). The predicted octanol–water partition coefficient (Wildman–Crippen LogP) is 5.83. The van der Waals surface area contributed by atoms with Gasteiger partial charge in [-0.1, -0.05) is 78.4 Å². The van der Waals surface area contributed by atoms with Gasteiger partial charge in [-0.05, 0) is 55.3 Å². The summed E-state index contributed by atoms with van der Waals surface area (Å²) in [7, 11) is 0. The van der Waals surface area contributed by atoms with Gasteiger partial charge in [0, 0.05) is 17.8 Å². The molecule has 0 heterocycles. The molecule has 0 saturated heterocycles. The van der Waals surface area contributed by atoms with Gasteiger partial charge >= 0.3 is 11.9 Å². The highest BCUT2D eigenvalue weighted by Crippen LogP contribution is 2.14. The van der Waals surface area contributed by atoms with Crippen LogP contribution in [0.15, 0.2) is 36.4 Å². The number of carbonyl (C=O) groups excluding carboxylic acids is 2. The second-order valence-corrected chi connectivity index (χ2v) is 8.71. The van der Waals surface area contributed by atoms with Crippen LogP contribution in [-0.4, -0.2) is 31.7 Å². The smallest absolute Gasteiger partial charge is 0.331 e. The maximum absolute atomic E-state index is 11.7. The molecule has 0 saturated carbocycles. The molecule has 0 spiro atoms. The molecule has 0 aromatic heterocycles. The summed E-state index contributed by atoms with van der Waals surface area (Å²) in [6.45, 7) is 10.0. The number of benzene rings is 1. The molecule has 0 radical (unpaired) electrons. The van der Waals surface area contributed by atoms with E-state index in [-0.39, 0.29) is 0 Å². The Kier molecular flexibility index (Phi) is 19.8. The Morgan fingerprint density at radius 2 is 1.26 bits per heavy atom. The Labute approximate surface area is 207 Å². The van der Waals surface area contributed by atoms with Gasteiger partial charge in [0.2, 0.25) is 0 Å². The van der Waals surface area contributed by atoms with Crippen LogP contribution in [0.2, 0.25) is 0 Å². The highest BCUT2D eigenvalue weighted by atomic mass is 16.5. The summed E-state index contributed by atoms with van der Waals surface area (Å²) in [6.07, 6.45) is 12.0. The number of ether oxygens (including phenoxy) is 2.